The summed E-state index contributed by atoms with van der Waals surface area (Å²) in [6.45, 7) is 13.2. The van der Waals surface area contributed by atoms with E-state index in [-0.39, 0.29) is 5.41 Å². The Morgan fingerprint density at radius 2 is 1.60 bits per heavy atom. The Morgan fingerprint density at radius 3 is 2.00 bits per heavy atom. The summed E-state index contributed by atoms with van der Waals surface area (Å²) in [5.74, 6) is 3.56. The maximum Gasteiger partial charge on any atom is 0.138 e. The van der Waals surface area contributed by atoms with Gasteiger partial charge in [-0.05, 0) is 41.2 Å². The molecule has 0 saturated heterocycles. The predicted molar refractivity (Wildman–Crippen MR) is 90.9 cm³/mol. The zero-order chi connectivity index (χ0) is 15.4. The molecule has 0 amide bonds. The van der Waals surface area contributed by atoms with Crippen molar-refractivity contribution in [3.05, 3.63) is 29.3 Å². The van der Waals surface area contributed by atoms with E-state index in [9.17, 15) is 5.11 Å². The highest BCUT2D eigenvalue weighted by molar-refractivity contribution is 6.87. The van der Waals surface area contributed by atoms with Crippen LogP contribution >= 0.6 is 0 Å². The first-order valence-electron chi connectivity index (χ1n) is 7.64. The zero-order valence-electron chi connectivity index (χ0n) is 13.8. The molecule has 0 aliphatic carbocycles. The van der Waals surface area contributed by atoms with E-state index in [2.05, 4.69) is 59.1 Å². The molecule has 0 atom stereocenters. The van der Waals surface area contributed by atoms with Gasteiger partial charge in [0.2, 0.25) is 0 Å². The lowest BCUT2D eigenvalue weighted by molar-refractivity contribution is 0.469. The van der Waals surface area contributed by atoms with Gasteiger partial charge in [-0.2, -0.15) is 0 Å². The van der Waals surface area contributed by atoms with Crippen molar-refractivity contribution in [3.63, 3.8) is 0 Å². The van der Waals surface area contributed by atoms with Crippen LogP contribution in [0, 0.1) is 11.5 Å². The smallest absolute Gasteiger partial charge is 0.138 e. The van der Waals surface area contributed by atoms with Crippen LogP contribution in [0.4, 0.5) is 0 Å². The van der Waals surface area contributed by atoms with Crippen LogP contribution in [0.3, 0.4) is 0 Å². The molecule has 20 heavy (non-hydrogen) atoms. The molecule has 0 radical (unpaired) electrons. The number of benzene rings is 1. The molecule has 0 unspecified atom stereocenters. The average molecular weight is 289 g/mol. The van der Waals surface area contributed by atoms with Crippen LogP contribution < -0.4 is 0 Å². The third-order valence-corrected chi connectivity index (χ3v) is 9.07. The van der Waals surface area contributed by atoms with Gasteiger partial charge in [-0.3, -0.25) is 0 Å². The first-order valence-corrected chi connectivity index (χ1v) is 10.3. The first-order chi connectivity index (χ1) is 9.28. The Balaban J connectivity index is 3.13. The largest absolute Gasteiger partial charge is 0.507 e. The van der Waals surface area contributed by atoms with E-state index in [0.717, 1.165) is 11.1 Å². The van der Waals surface area contributed by atoms with Gasteiger partial charge in [-0.25, -0.2) is 0 Å². The molecule has 1 aromatic carbocycles. The number of rotatable bonds is 3. The fourth-order valence-electron chi connectivity index (χ4n) is 2.32. The number of phenolic OH excluding ortho intramolecular Hbond substituents is 1. The Labute approximate surface area is 125 Å². The van der Waals surface area contributed by atoms with E-state index in [0.29, 0.717) is 5.75 Å². The first kappa shape index (κ1) is 16.9. The lowest BCUT2D eigenvalue weighted by Crippen LogP contribution is -2.29. The van der Waals surface area contributed by atoms with Crippen molar-refractivity contribution in [1.82, 2.24) is 0 Å². The number of hydrogen-bond donors (Lipinski definition) is 1. The summed E-state index contributed by atoms with van der Waals surface area (Å²) in [5, 5.41) is 10.2. The second-order valence-electron chi connectivity index (χ2n) is 6.57. The molecule has 2 heteroatoms. The van der Waals surface area contributed by atoms with E-state index in [1.807, 2.05) is 12.1 Å². The molecule has 1 nitrogen and oxygen atoms in total. The molecular formula is C18H28OSi. The Bertz CT molecular complexity index is 502. The predicted octanol–water partition coefficient (Wildman–Crippen LogP) is 5.09. The minimum absolute atomic E-state index is 0.0538. The van der Waals surface area contributed by atoms with Gasteiger partial charge in [0.25, 0.3) is 0 Å². The van der Waals surface area contributed by atoms with Crippen LogP contribution in [-0.4, -0.2) is 13.2 Å². The maximum atomic E-state index is 10.2. The van der Waals surface area contributed by atoms with Crippen LogP contribution in [0.2, 0.25) is 18.1 Å². The van der Waals surface area contributed by atoms with Crippen LogP contribution in [0.1, 0.15) is 52.7 Å². The summed E-state index contributed by atoms with van der Waals surface area (Å²) < 4.78 is 0. The zero-order valence-corrected chi connectivity index (χ0v) is 14.8. The molecule has 0 fully saturated rings. The fourth-order valence-corrected chi connectivity index (χ4v) is 4.75. The van der Waals surface area contributed by atoms with Gasteiger partial charge in [-0.15, -0.1) is 5.54 Å². The van der Waals surface area contributed by atoms with Gasteiger partial charge in [0.05, 0.1) is 5.56 Å². The lowest BCUT2D eigenvalue weighted by Gasteiger charge is -2.20. The monoisotopic (exact) mass is 288 g/mol. The molecule has 0 aromatic heterocycles. The summed E-state index contributed by atoms with van der Waals surface area (Å²) in [6, 6.07) is 9.46. The quantitative estimate of drug-likeness (QED) is 0.607. The van der Waals surface area contributed by atoms with Crippen molar-refractivity contribution in [2.75, 3.05) is 0 Å². The molecule has 0 saturated carbocycles. The summed E-state index contributed by atoms with van der Waals surface area (Å²) in [6.07, 6.45) is 0. The second-order valence-corrected chi connectivity index (χ2v) is 11.5. The summed E-state index contributed by atoms with van der Waals surface area (Å²) >= 11 is 0. The highest BCUT2D eigenvalue weighted by Gasteiger charge is 2.24. The number of phenols is 1. The molecule has 0 aliphatic heterocycles. The van der Waals surface area contributed by atoms with Gasteiger partial charge in [0.1, 0.15) is 13.8 Å². The van der Waals surface area contributed by atoms with E-state index < -0.39 is 8.07 Å². The fraction of sp³-hybridized carbons (Fsp3) is 0.556. The molecule has 0 spiro atoms. The van der Waals surface area contributed by atoms with Gasteiger partial charge in [0, 0.05) is 0 Å². The summed E-state index contributed by atoms with van der Waals surface area (Å²) in [7, 11) is -1.45. The molecular weight excluding hydrogens is 260 g/mol. The van der Waals surface area contributed by atoms with Crippen molar-refractivity contribution in [3.8, 4) is 17.2 Å². The van der Waals surface area contributed by atoms with Crippen LogP contribution in [0.5, 0.6) is 5.75 Å². The van der Waals surface area contributed by atoms with E-state index in [1.54, 1.807) is 0 Å². The highest BCUT2D eigenvalue weighted by atomic mass is 28.3. The number of hydrogen-bond acceptors (Lipinski definition) is 1. The minimum Gasteiger partial charge on any atom is -0.507 e. The normalized spacial score (nSPS) is 11.9. The molecule has 110 valence electrons. The Kier molecular flexibility index (Phi) is 5.47. The standard InChI is InChI=1S/C18H28OSi/c1-7-20(8-2,9-3)13-12-15-10-11-16(14-17(15)19)18(4,5)6/h10-11,14,19H,7-9H2,1-6H3. The van der Waals surface area contributed by atoms with E-state index in [4.69, 9.17) is 0 Å². The third kappa shape index (κ3) is 3.90. The number of aromatic hydroxyl groups is 1. The average Bonchev–Trinajstić information content (AvgIpc) is 2.41. The van der Waals surface area contributed by atoms with Gasteiger partial charge >= 0.3 is 0 Å². The maximum absolute atomic E-state index is 10.2. The second kappa shape index (κ2) is 6.50. The topological polar surface area (TPSA) is 20.2 Å². The van der Waals surface area contributed by atoms with E-state index >= 15 is 0 Å². The van der Waals surface area contributed by atoms with Crippen molar-refractivity contribution >= 4 is 8.07 Å². The van der Waals surface area contributed by atoms with Crippen molar-refractivity contribution < 1.29 is 5.11 Å². The summed E-state index contributed by atoms with van der Waals surface area (Å²) in [5.41, 5.74) is 5.49. The molecule has 1 aromatic rings. The SMILES string of the molecule is CC[Si](C#Cc1ccc(C(C)(C)C)cc1O)(CC)CC. The van der Waals surface area contributed by atoms with Crippen LogP contribution in [-0.2, 0) is 5.41 Å². The molecule has 0 aliphatic rings. The van der Waals surface area contributed by atoms with E-state index in [1.165, 1.54) is 18.1 Å². The van der Waals surface area contributed by atoms with Crippen molar-refractivity contribution in [2.24, 2.45) is 0 Å². The third-order valence-electron chi connectivity index (χ3n) is 4.36. The Hall–Kier alpha value is -1.20. The van der Waals surface area contributed by atoms with Crippen molar-refractivity contribution in [1.29, 1.82) is 0 Å². The van der Waals surface area contributed by atoms with Gasteiger partial charge in [0.15, 0.2) is 0 Å². The minimum atomic E-state index is -1.45. The molecule has 0 heterocycles. The lowest BCUT2D eigenvalue weighted by atomic mass is 9.86. The van der Waals surface area contributed by atoms with Crippen molar-refractivity contribution in [2.45, 2.75) is 65.1 Å². The molecule has 1 N–H and O–H groups in total. The molecule has 0 bridgehead atoms. The van der Waals surface area contributed by atoms with Gasteiger partial charge < -0.3 is 5.11 Å². The highest BCUT2D eigenvalue weighted by Crippen LogP contribution is 2.28. The molecule has 1 rings (SSSR count). The van der Waals surface area contributed by atoms with Crippen LogP contribution in [0.15, 0.2) is 18.2 Å². The van der Waals surface area contributed by atoms with Gasteiger partial charge in [-0.1, -0.05) is 53.5 Å². The summed E-state index contributed by atoms with van der Waals surface area (Å²) in [4.78, 5) is 0. The Morgan fingerprint density at radius 1 is 1.05 bits per heavy atom. The van der Waals surface area contributed by atoms with Crippen LogP contribution in [0.25, 0.3) is 0 Å².